The maximum absolute atomic E-state index is 12.9. The third-order valence-corrected chi connectivity index (χ3v) is 14.4. The summed E-state index contributed by atoms with van der Waals surface area (Å²) >= 11 is 0. The van der Waals surface area contributed by atoms with Gasteiger partial charge in [0.05, 0.1) is 23.4 Å². The van der Waals surface area contributed by atoms with Gasteiger partial charge in [0.15, 0.2) is 14.6 Å². The molecule has 2 rings (SSSR count). The summed E-state index contributed by atoms with van der Waals surface area (Å²) in [6.45, 7) is 25.9. The molecule has 2 aliphatic rings. The number of azide groups is 1. The van der Waals surface area contributed by atoms with Crippen LogP contribution in [-0.4, -0.2) is 102 Å². The lowest BCUT2D eigenvalue weighted by Crippen LogP contribution is -2.54. The Hall–Kier alpha value is -1.70. The Morgan fingerprint density at radius 1 is 1.21 bits per heavy atom. The van der Waals surface area contributed by atoms with E-state index < -0.39 is 38.1 Å². The third kappa shape index (κ3) is 11.7. The van der Waals surface area contributed by atoms with Gasteiger partial charge in [0.2, 0.25) is 5.79 Å². The normalized spacial score (nSPS) is 26.0. The Kier molecular flexibility index (Phi) is 14.8. The summed E-state index contributed by atoms with van der Waals surface area (Å²) in [5.74, 6) is -1.26. The maximum atomic E-state index is 12.9. The monoisotopic (exact) mass is 682 g/mol. The van der Waals surface area contributed by atoms with E-state index in [0.717, 1.165) is 6.42 Å². The van der Waals surface area contributed by atoms with Crippen LogP contribution in [0, 0.1) is 18.3 Å². The van der Waals surface area contributed by atoms with Crippen molar-refractivity contribution in [1.29, 1.82) is 0 Å². The maximum Gasteiger partial charge on any atom is 0.340 e. The number of esters is 1. The van der Waals surface area contributed by atoms with Crippen molar-refractivity contribution >= 4 is 14.3 Å². The van der Waals surface area contributed by atoms with Crippen LogP contribution in [0.25, 0.3) is 10.4 Å². The standard InChI is InChI=1S/C34H64N5O7Si/c1-22(19-36-26(20-37-38-35)21-42-47(14,15)32(5,6)7)18-34(10,41-13)30(44-28-17-27(39(11)12)16-23(2)43-28)24(3)29-25(4)31(40)46-33(8,9)45-29/h17,22-24,26-28,30,36H,16,18-21H2,1-15H3/t22-,23-,24+,26-,27-,28+,30-,34-/m1/s1. The highest BCUT2D eigenvalue weighted by Crippen LogP contribution is 2.41. The van der Waals surface area contributed by atoms with E-state index in [9.17, 15) is 4.79 Å². The van der Waals surface area contributed by atoms with Crippen LogP contribution < -0.4 is 5.32 Å². The zero-order chi connectivity index (χ0) is 36.0. The average Bonchev–Trinajstić information content (AvgIpc) is 2.95. The van der Waals surface area contributed by atoms with Gasteiger partial charge in [0, 0.05) is 63.4 Å². The molecule has 2 heterocycles. The topological polar surface area (TPSA) is 136 Å². The molecule has 47 heavy (non-hydrogen) atoms. The molecule has 0 amide bonds. The van der Waals surface area contributed by atoms with E-state index in [4.69, 9.17) is 33.6 Å². The highest BCUT2D eigenvalue weighted by Gasteiger charge is 2.47. The summed E-state index contributed by atoms with van der Waals surface area (Å²) in [6.07, 6.45) is 2.41. The Morgan fingerprint density at radius 3 is 2.40 bits per heavy atom. The van der Waals surface area contributed by atoms with Gasteiger partial charge in [-0.2, -0.15) is 0 Å². The first-order valence-corrected chi connectivity index (χ1v) is 19.9. The Morgan fingerprint density at radius 2 is 1.85 bits per heavy atom. The summed E-state index contributed by atoms with van der Waals surface area (Å²) in [6, 6.07) is 0.0487. The van der Waals surface area contributed by atoms with E-state index in [-0.39, 0.29) is 35.1 Å². The number of methoxy groups -OCH3 is 1. The van der Waals surface area contributed by atoms with Crippen LogP contribution in [-0.2, 0) is 32.9 Å². The molecule has 0 unspecified atom stereocenters. The highest BCUT2D eigenvalue weighted by atomic mass is 28.4. The second kappa shape index (κ2) is 16.8. The van der Waals surface area contributed by atoms with Gasteiger partial charge in [-0.3, -0.25) is 0 Å². The van der Waals surface area contributed by atoms with Gasteiger partial charge in [0.25, 0.3) is 0 Å². The summed E-state index contributed by atoms with van der Waals surface area (Å²) in [4.78, 5) is 18.0. The minimum absolute atomic E-state index is 0.00684. The predicted molar refractivity (Wildman–Crippen MR) is 187 cm³/mol. The number of nitrogens with one attached hydrogen (secondary N) is 1. The minimum Gasteiger partial charge on any atom is -0.456 e. The molecule has 0 aromatic heterocycles. The van der Waals surface area contributed by atoms with Gasteiger partial charge >= 0.3 is 5.97 Å². The number of rotatable bonds is 17. The number of ether oxygens (including phenoxy) is 5. The zero-order valence-electron chi connectivity index (χ0n) is 31.8. The van der Waals surface area contributed by atoms with Gasteiger partial charge in [-0.1, -0.05) is 39.7 Å². The first kappa shape index (κ1) is 41.5. The fraction of sp³-hybridized carbons (Fsp3) is 0.882. The van der Waals surface area contributed by atoms with Crippen molar-refractivity contribution < 1.29 is 32.9 Å². The molecule has 1 radical (unpaired) electrons. The number of cyclic esters (lactones) is 1. The molecule has 0 aromatic carbocycles. The molecule has 12 nitrogen and oxygen atoms in total. The van der Waals surface area contributed by atoms with Crippen LogP contribution >= 0.6 is 0 Å². The van der Waals surface area contributed by atoms with Crippen LogP contribution in [0.1, 0.15) is 82.1 Å². The van der Waals surface area contributed by atoms with Crippen LogP contribution in [0.15, 0.2) is 16.4 Å². The highest BCUT2D eigenvalue weighted by molar-refractivity contribution is 6.74. The first-order chi connectivity index (χ1) is 21.6. The van der Waals surface area contributed by atoms with Gasteiger partial charge in [-0.05, 0) is 83.8 Å². The molecule has 0 aliphatic carbocycles. The van der Waals surface area contributed by atoms with Crippen molar-refractivity contribution in [2.75, 3.05) is 40.9 Å². The average molecular weight is 683 g/mol. The van der Waals surface area contributed by atoms with Crippen molar-refractivity contribution in [3.8, 4) is 0 Å². The number of carbonyl (C=O) groups excluding carboxylic acids is 1. The van der Waals surface area contributed by atoms with E-state index in [2.05, 4.69) is 88.5 Å². The van der Waals surface area contributed by atoms with Crippen molar-refractivity contribution in [3.05, 3.63) is 28.2 Å². The zero-order valence-corrected chi connectivity index (χ0v) is 32.8. The molecular formula is C34H64N5O7Si. The van der Waals surface area contributed by atoms with E-state index >= 15 is 0 Å². The summed E-state index contributed by atoms with van der Waals surface area (Å²) in [5.41, 5.74) is 8.63. The van der Waals surface area contributed by atoms with E-state index in [0.29, 0.717) is 37.4 Å². The van der Waals surface area contributed by atoms with E-state index in [1.807, 2.05) is 13.8 Å². The summed E-state index contributed by atoms with van der Waals surface area (Å²) in [7, 11) is 3.80. The van der Waals surface area contributed by atoms with Crippen LogP contribution in [0.4, 0.5) is 0 Å². The van der Waals surface area contributed by atoms with Gasteiger partial charge in [-0.25, -0.2) is 4.79 Å². The molecule has 8 atom stereocenters. The van der Waals surface area contributed by atoms with Crippen molar-refractivity contribution in [2.24, 2.45) is 17.0 Å². The van der Waals surface area contributed by atoms with E-state index in [1.165, 1.54) is 0 Å². The first-order valence-electron chi connectivity index (χ1n) is 16.9. The van der Waals surface area contributed by atoms with Crippen LogP contribution in [0.3, 0.4) is 0 Å². The molecule has 1 N–H and O–H groups in total. The lowest BCUT2D eigenvalue weighted by Gasteiger charge is -2.46. The second-order valence-electron chi connectivity index (χ2n) is 15.9. The van der Waals surface area contributed by atoms with Crippen LogP contribution in [0.5, 0.6) is 0 Å². The largest absolute Gasteiger partial charge is 0.456 e. The van der Waals surface area contributed by atoms with Crippen molar-refractivity contribution in [2.45, 2.75) is 142 Å². The molecule has 271 valence electrons. The fourth-order valence-electron chi connectivity index (χ4n) is 5.94. The quantitative estimate of drug-likeness (QED) is 0.0593. The molecule has 1 fully saturated rings. The van der Waals surface area contributed by atoms with E-state index in [1.54, 1.807) is 27.9 Å². The second-order valence-corrected chi connectivity index (χ2v) is 20.7. The number of carbonyl (C=O) groups is 1. The molecule has 0 bridgehead atoms. The Balaban J connectivity index is 2.35. The fourth-order valence-corrected chi connectivity index (χ4v) is 7.00. The SMILES string of the molecule is CO[C@](C)(C[C@@H](C)CN[C@H](CN=[N+]=[N-])CO[Si](C)(C)C(C)(C)C)[C@H](O[C@H]1[CH][C@H](N(C)C)C[C@@H](C)O1)[C@@H](C)C1=C(C)C(=O)OC(C)(C)O1. The molecule has 0 saturated carbocycles. The minimum atomic E-state index is -1.99. The third-order valence-electron chi connectivity index (χ3n) is 9.89. The van der Waals surface area contributed by atoms with Crippen molar-refractivity contribution in [3.63, 3.8) is 0 Å². The number of hydrogen-bond acceptors (Lipinski definition) is 10. The predicted octanol–water partition coefficient (Wildman–Crippen LogP) is 6.58. The van der Waals surface area contributed by atoms with Gasteiger partial charge < -0.3 is 38.3 Å². The number of hydrogen-bond donors (Lipinski definition) is 1. The number of nitrogens with zero attached hydrogens (tertiary/aromatic N) is 4. The Labute approximate surface area is 285 Å². The lowest BCUT2D eigenvalue weighted by molar-refractivity contribution is -0.253. The molecular weight excluding hydrogens is 618 g/mol. The molecule has 0 spiro atoms. The lowest BCUT2D eigenvalue weighted by atomic mass is 9.80. The van der Waals surface area contributed by atoms with Crippen LogP contribution in [0.2, 0.25) is 18.1 Å². The molecule has 13 heteroatoms. The smallest absolute Gasteiger partial charge is 0.340 e. The Bertz CT molecular complexity index is 1120. The molecule has 2 aliphatic heterocycles. The summed E-state index contributed by atoms with van der Waals surface area (Å²) in [5, 5.41) is 7.51. The van der Waals surface area contributed by atoms with Gasteiger partial charge in [0.1, 0.15) is 5.76 Å². The van der Waals surface area contributed by atoms with Crippen molar-refractivity contribution in [1.82, 2.24) is 10.2 Å². The molecule has 1 saturated heterocycles. The van der Waals surface area contributed by atoms with Gasteiger partial charge in [-0.15, -0.1) is 0 Å². The summed E-state index contributed by atoms with van der Waals surface area (Å²) < 4.78 is 37.7. The molecule has 0 aromatic rings.